The molecule has 0 N–H and O–H groups in total. The molecule has 0 aliphatic carbocycles. The highest BCUT2D eigenvalue weighted by molar-refractivity contribution is 6.14. The molecule has 0 saturated carbocycles. The smallest absolute Gasteiger partial charge is 0.270 e. The number of nitrogens with zero attached hydrogens (tertiary/aromatic N) is 2. The summed E-state index contributed by atoms with van der Waals surface area (Å²) < 4.78 is 5.33. The molecule has 0 aromatic heterocycles. The number of benzene rings is 2. The maximum atomic E-state index is 12.4. The molecule has 6 nitrogen and oxygen atoms in total. The van der Waals surface area contributed by atoms with Crippen molar-refractivity contribution in [1.29, 1.82) is 5.26 Å². The zero-order valence-corrected chi connectivity index (χ0v) is 12.9. The Kier molecular flexibility index (Phi) is 5.42. The monoisotopic (exact) mass is 322 g/mol. The topological polar surface area (TPSA) is 93.2 Å². The number of rotatable bonds is 6. The van der Waals surface area contributed by atoms with Crippen LogP contribution in [0.5, 0.6) is 5.75 Å². The Labute approximate surface area is 138 Å². The quantitative estimate of drug-likeness (QED) is 0.265. The first kappa shape index (κ1) is 16.9. The van der Waals surface area contributed by atoms with Crippen LogP contribution in [0.4, 0.5) is 5.69 Å². The van der Waals surface area contributed by atoms with Crippen LogP contribution in [0.15, 0.2) is 54.1 Å². The molecule has 6 heteroatoms. The number of nitro groups is 1. The summed E-state index contributed by atoms with van der Waals surface area (Å²) in [5, 5.41) is 20.0. The van der Waals surface area contributed by atoms with Gasteiger partial charge in [-0.3, -0.25) is 14.9 Å². The number of hydrogen-bond donors (Lipinski definition) is 0. The zero-order valence-electron chi connectivity index (χ0n) is 12.9. The fraction of sp³-hybridized carbons (Fsp3) is 0.111. The lowest BCUT2D eigenvalue weighted by atomic mass is 10.0. The van der Waals surface area contributed by atoms with Crippen molar-refractivity contribution < 1.29 is 14.5 Å². The van der Waals surface area contributed by atoms with Crippen LogP contribution in [-0.2, 0) is 0 Å². The van der Waals surface area contributed by atoms with Crippen LogP contribution >= 0.6 is 0 Å². The van der Waals surface area contributed by atoms with Gasteiger partial charge in [0.15, 0.2) is 0 Å². The van der Waals surface area contributed by atoms with Crippen molar-refractivity contribution in [2.45, 2.75) is 6.92 Å². The van der Waals surface area contributed by atoms with E-state index in [0.717, 1.165) is 6.07 Å². The number of carbonyl (C=O) groups is 1. The Bertz CT molecular complexity index is 833. The molecule has 0 saturated heterocycles. The summed E-state index contributed by atoms with van der Waals surface area (Å²) in [6, 6.07) is 14.1. The Morgan fingerprint density at radius 2 is 2.00 bits per heavy atom. The summed E-state index contributed by atoms with van der Waals surface area (Å²) in [6.45, 7) is 2.42. The van der Waals surface area contributed by atoms with Gasteiger partial charge in [-0.1, -0.05) is 24.3 Å². The minimum Gasteiger partial charge on any atom is -0.494 e. The minimum absolute atomic E-state index is 0.0975. The van der Waals surface area contributed by atoms with Crippen molar-refractivity contribution in [3.05, 3.63) is 75.3 Å². The number of Topliss-reactive ketones (excluding diaryl/α,β-unsaturated/α-hetero) is 1. The first-order chi connectivity index (χ1) is 11.5. The molecule has 0 bridgehead atoms. The molecule has 0 amide bonds. The third-order valence-corrected chi connectivity index (χ3v) is 3.19. The molecular formula is C18H14N2O4. The van der Waals surface area contributed by atoms with Gasteiger partial charge in [-0.05, 0) is 30.7 Å². The Hall–Kier alpha value is -3.46. The normalized spacial score (nSPS) is 10.8. The van der Waals surface area contributed by atoms with E-state index in [1.54, 1.807) is 24.3 Å². The van der Waals surface area contributed by atoms with Gasteiger partial charge in [-0.25, -0.2) is 0 Å². The molecule has 2 aromatic rings. The number of allylic oxidation sites excluding steroid dienone is 1. The highest BCUT2D eigenvalue weighted by Crippen LogP contribution is 2.19. The lowest BCUT2D eigenvalue weighted by Gasteiger charge is -2.03. The molecule has 24 heavy (non-hydrogen) atoms. The fourth-order valence-corrected chi connectivity index (χ4v) is 2.06. The van der Waals surface area contributed by atoms with Crippen molar-refractivity contribution in [1.82, 2.24) is 0 Å². The lowest BCUT2D eigenvalue weighted by Crippen LogP contribution is -2.02. The van der Waals surface area contributed by atoms with Crippen LogP contribution in [0.1, 0.15) is 22.8 Å². The second-order valence-corrected chi connectivity index (χ2v) is 4.81. The summed E-state index contributed by atoms with van der Waals surface area (Å²) >= 11 is 0. The molecule has 0 fully saturated rings. The molecule has 0 unspecified atom stereocenters. The third-order valence-electron chi connectivity index (χ3n) is 3.19. The van der Waals surface area contributed by atoms with E-state index in [4.69, 9.17) is 4.74 Å². The van der Waals surface area contributed by atoms with Crippen LogP contribution < -0.4 is 4.74 Å². The van der Waals surface area contributed by atoms with E-state index in [1.165, 1.54) is 24.3 Å². The molecular weight excluding hydrogens is 308 g/mol. The van der Waals surface area contributed by atoms with E-state index in [0.29, 0.717) is 17.9 Å². The van der Waals surface area contributed by atoms with Gasteiger partial charge in [0, 0.05) is 17.7 Å². The average molecular weight is 322 g/mol. The van der Waals surface area contributed by atoms with E-state index in [2.05, 4.69) is 0 Å². The molecule has 0 atom stereocenters. The summed E-state index contributed by atoms with van der Waals surface area (Å²) in [5.41, 5.74) is 0.468. The summed E-state index contributed by atoms with van der Waals surface area (Å²) in [5.74, 6) is 0.133. The van der Waals surface area contributed by atoms with Crippen LogP contribution in [0.2, 0.25) is 0 Å². The number of nitro benzene ring substituents is 1. The first-order valence-corrected chi connectivity index (χ1v) is 7.19. The van der Waals surface area contributed by atoms with E-state index in [1.807, 2.05) is 13.0 Å². The van der Waals surface area contributed by atoms with E-state index in [9.17, 15) is 20.2 Å². The van der Waals surface area contributed by atoms with Crippen molar-refractivity contribution in [2.75, 3.05) is 6.61 Å². The largest absolute Gasteiger partial charge is 0.494 e. The molecule has 120 valence electrons. The van der Waals surface area contributed by atoms with Crippen LogP contribution in [0, 0.1) is 21.4 Å². The van der Waals surface area contributed by atoms with Crippen LogP contribution in [-0.4, -0.2) is 17.3 Å². The molecule has 2 rings (SSSR count). The van der Waals surface area contributed by atoms with Gasteiger partial charge in [0.2, 0.25) is 5.78 Å². The maximum Gasteiger partial charge on any atom is 0.270 e. The minimum atomic E-state index is -0.584. The Balaban J connectivity index is 2.30. The van der Waals surface area contributed by atoms with Crippen LogP contribution in [0.25, 0.3) is 6.08 Å². The highest BCUT2D eigenvalue weighted by atomic mass is 16.6. The zero-order chi connectivity index (χ0) is 17.5. The second kappa shape index (κ2) is 7.70. The van der Waals surface area contributed by atoms with Crippen molar-refractivity contribution in [3.8, 4) is 11.8 Å². The van der Waals surface area contributed by atoms with Crippen molar-refractivity contribution >= 4 is 17.5 Å². The molecule has 0 radical (unpaired) electrons. The molecule has 0 aliphatic heterocycles. The van der Waals surface area contributed by atoms with E-state index >= 15 is 0 Å². The number of hydrogen-bond acceptors (Lipinski definition) is 5. The predicted molar refractivity (Wildman–Crippen MR) is 88.6 cm³/mol. The standard InChI is InChI=1S/C18H14N2O4/c1-2-24-17-8-6-13(7-9-17)10-15(12-19)18(21)14-4-3-5-16(11-14)20(22)23/h3-11H,2H2,1H3/b15-10+. The van der Waals surface area contributed by atoms with Gasteiger partial charge in [0.25, 0.3) is 5.69 Å². The van der Waals surface area contributed by atoms with Crippen molar-refractivity contribution in [2.24, 2.45) is 0 Å². The number of carbonyl (C=O) groups excluding carboxylic acids is 1. The van der Waals surface area contributed by atoms with Gasteiger partial charge in [-0.15, -0.1) is 0 Å². The maximum absolute atomic E-state index is 12.4. The lowest BCUT2D eigenvalue weighted by molar-refractivity contribution is -0.384. The van der Waals surface area contributed by atoms with Gasteiger partial charge in [0.05, 0.1) is 11.5 Å². The third kappa shape index (κ3) is 4.05. The number of non-ortho nitro benzene ring substituents is 1. The van der Waals surface area contributed by atoms with Crippen LogP contribution in [0.3, 0.4) is 0 Å². The first-order valence-electron chi connectivity index (χ1n) is 7.19. The fourth-order valence-electron chi connectivity index (χ4n) is 2.06. The molecule has 0 aliphatic rings. The molecule has 0 heterocycles. The van der Waals surface area contributed by atoms with Gasteiger partial charge in [0.1, 0.15) is 17.4 Å². The predicted octanol–water partition coefficient (Wildman–Crippen LogP) is 3.78. The van der Waals surface area contributed by atoms with E-state index in [-0.39, 0.29) is 16.8 Å². The Morgan fingerprint density at radius 3 is 2.58 bits per heavy atom. The number of ketones is 1. The van der Waals surface area contributed by atoms with E-state index < -0.39 is 10.7 Å². The summed E-state index contributed by atoms with van der Waals surface area (Å²) in [4.78, 5) is 22.6. The Morgan fingerprint density at radius 1 is 1.29 bits per heavy atom. The molecule has 0 spiro atoms. The number of ether oxygens (including phenoxy) is 1. The highest BCUT2D eigenvalue weighted by Gasteiger charge is 2.15. The second-order valence-electron chi connectivity index (χ2n) is 4.81. The van der Waals surface area contributed by atoms with Crippen molar-refractivity contribution in [3.63, 3.8) is 0 Å². The van der Waals surface area contributed by atoms with Gasteiger partial charge in [-0.2, -0.15) is 5.26 Å². The van der Waals surface area contributed by atoms with Gasteiger partial charge < -0.3 is 4.74 Å². The summed E-state index contributed by atoms with van der Waals surface area (Å²) in [7, 11) is 0. The number of nitriles is 1. The summed E-state index contributed by atoms with van der Waals surface area (Å²) in [6.07, 6.45) is 1.44. The molecule has 2 aromatic carbocycles. The van der Waals surface area contributed by atoms with Gasteiger partial charge >= 0.3 is 0 Å². The SMILES string of the molecule is CCOc1ccc(/C=C(\C#N)C(=O)c2cccc([N+](=O)[O-])c2)cc1. The average Bonchev–Trinajstić information content (AvgIpc) is 2.61.